The summed E-state index contributed by atoms with van der Waals surface area (Å²) in [5.41, 5.74) is 4.12. The van der Waals surface area contributed by atoms with Crippen LogP contribution >= 0.6 is 0 Å². The van der Waals surface area contributed by atoms with Gasteiger partial charge in [0.1, 0.15) is 5.82 Å². The summed E-state index contributed by atoms with van der Waals surface area (Å²) in [5.74, 6) is -2.13. The van der Waals surface area contributed by atoms with Gasteiger partial charge in [-0.3, -0.25) is 9.59 Å². The summed E-state index contributed by atoms with van der Waals surface area (Å²) >= 11 is 0. The van der Waals surface area contributed by atoms with E-state index in [4.69, 9.17) is 5.73 Å². The molecule has 1 saturated heterocycles. The van der Waals surface area contributed by atoms with Gasteiger partial charge in [-0.25, -0.2) is 4.39 Å². The molecule has 1 aliphatic rings. The normalized spacial score (nSPS) is 16.7. The Hall–Kier alpha value is -2.16. The molecule has 1 fully saturated rings. The molecule has 1 atom stereocenters. The first-order chi connectivity index (χ1) is 11.6. The first-order valence-electron chi connectivity index (χ1n) is 7.85. The van der Waals surface area contributed by atoms with E-state index in [1.54, 1.807) is 6.92 Å². The monoisotopic (exact) mass is 361 g/mol. The molecule has 0 aliphatic carbocycles. The molecule has 2 amide bonds. The molecule has 138 valence electrons. The van der Waals surface area contributed by atoms with Crippen LogP contribution in [0.3, 0.4) is 0 Å². The Bertz CT molecular complexity index is 655. The summed E-state index contributed by atoms with van der Waals surface area (Å²) in [7, 11) is 0. The van der Waals surface area contributed by atoms with Crippen LogP contribution in [0.15, 0.2) is 18.2 Å². The predicted octanol–water partition coefficient (Wildman–Crippen LogP) is 1.87. The van der Waals surface area contributed by atoms with Crippen LogP contribution in [0, 0.1) is 5.82 Å². The van der Waals surface area contributed by atoms with Crippen molar-refractivity contribution < 1.29 is 27.2 Å². The van der Waals surface area contributed by atoms with E-state index < -0.39 is 35.1 Å². The van der Waals surface area contributed by atoms with Crippen molar-refractivity contribution in [3.63, 3.8) is 0 Å². The van der Waals surface area contributed by atoms with Crippen molar-refractivity contribution in [2.75, 3.05) is 26.2 Å². The third-order valence-electron chi connectivity index (χ3n) is 4.16. The number of carbonyl (C=O) groups excluding carboxylic acids is 2. The minimum Gasteiger partial charge on any atom is -0.338 e. The molecule has 0 aromatic heterocycles. The van der Waals surface area contributed by atoms with Crippen LogP contribution < -0.4 is 5.73 Å². The maximum absolute atomic E-state index is 13.9. The second kappa shape index (κ2) is 7.38. The highest BCUT2D eigenvalue weighted by molar-refractivity contribution is 5.94. The largest absolute Gasteiger partial charge is 0.416 e. The van der Waals surface area contributed by atoms with E-state index in [2.05, 4.69) is 0 Å². The first kappa shape index (κ1) is 19.2. The number of nitrogens with two attached hydrogens (primary N) is 1. The zero-order valence-corrected chi connectivity index (χ0v) is 13.6. The van der Waals surface area contributed by atoms with Crippen molar-refractivity contribution in [1.29, 1.82) is 0 Å². The predicted molar refractivity (Wildman–Crippen MR) is 82.2 cm³/mol. The molecule has 1 heterocycles. The number of amides is 2. The van der Waals surface area contributed by atoms with Crippen LogP contribution in [0.1, 0.15) is 29.3 Å². The minimum atomic E-state index is -4.67. The zero-order valence-electron chi connectivity index (χ0n) is 13.6. The van der Waals surface area contributed by atoms with Crippen LogP contribution in [-0.4, -0.2) is 53.8 Å². The number of alkyl halides is 3. The Morgan fingerprint density at radius 2 is 1.72 bits per heavy atom. The van der Waals surface area contributed by atoms with Gasteiger partial charge in [0.2, 0.25) is 5.91 Å². The smallest absolute Gasteiger partial charge is 0.338 e. The molecule has 1 aliphatic heterocycles. The van der Waals surface area contributed by atoms with Crippen molar-refractivity contribution in [1.82, 2.24) is 9.80 Å². The molecule has 0 unspecified atom stereocenters. The molecule has 1 aromatic carbocycles. The number of halogens is 4. The fourth-order valence-electron chi connectivity index (χ4n) is 2.57. The Balaban J connectivity index is 2.05. The zero-order chi connectivity index (χ0) is 18.8. The van der Waals surface area contributed by atoms with E-state index in [1.807, 2.05) is 0 Å². The molecule has 9 heteroatoms. The third-order valence-corrected chi connectivity index (χ3v) is 4.16. The van der Waals surface area contributed by atoms with Gasteiger partial charge in [-0.05, 0) is 24.6 Å². The topological polar surface area (TPSA) is 66.6 Å². The summed E-state index contributed by atoms with van der Waals surface area (Å²) in [6.45, 7) is 2.62. The number of hydrogen-bond acceptors (Lipinski definition) is 3. The highest BCUT2D eigenvalue weighted by atomic mass is 19.4. The maximum atomic E-state index is 13.9. The lowest BCUT2D eigenvalue weighted by atomic mass is 10.1. The number of rotatable bonds is 3. The van der Waals surface area contributed by atoms with Gasteiger partial charge in [-0.2, -0.15) is 13.2 Å². The summed E-state index contributed by atoms with van der Waals surface area (Å²) in [5, 5.41) is 0. The Morgan fingerprint density at radius 3 is 2.20 bits per heavy atom. The van der Waals surface area contributed by atoms with Crippen LogP contribution in [0.25, 0.3) is 0 Å². The Morgan fingerprint density at radius 1 is 1.16 bits per heavy atom. The molecular formula is C16H19F4N3O2. The van der Waals surface area contributed by atoms with Crippen molar-refractivity contribution in [3.8, 4) is 0 Å². The highest BCUT2D eigenvalue weighted by Crippen LogP contribution is 2.30. The van der Waals surface area contributed by atoms with Crippen LogP contribution in [-0.2, 0) is 11.0 Å². The van der Waals surface area contributed by atoms with E-state index in [0.717, 1.165) is 6.07 Å². The van der Waals surface area contributed by atoms with Crippen LogP contribution in [0.5, 0.6) is 0 Å². The highest BCUT2D eigenvalue weighted by Gasteiger charge is 2.33. The number of nitrogens with zero attached hydrogens (tertiary/aromatic N) is 2. The average molecular weight is 361 g/mol. The summed E-state index contributed by atoms with van der Waals surface area (Å²) in [6, 6.07) is 1.23. The maximum Gasteiger partial charge on any atom is 0.416 e. The van der Waals surface area contributed by atoms with Crippen molar-refractivity contribution in [2.24, 2.45) is 5.73 Å². The number of carbonyl (C=O) groups is 2. The third kappa shape index (κ3) is 4.28. The minimum absolute atomic E-state index is 0.168. The molecule has 5 nitrogen and oxygen atoms in total. The lowest BCUT2D eigenvalue weighted by molar-refractivity contribution is -0.137. The molecule has 2 rings (SSSR count). The van der Waals surface area contributed by atoms with Gasteiger partial charge in [-0.1, -0.05) is 6.92 Å². The molecule has 2 N–H and O–H groups in total. The lowest BCUT2D eigenvalue weighted by Gasteiger charge is -2.35. The molecule has 0 bridgehead atoms. The standard InChI is InChI=1S/C16H19F4N3O2/c1-2-13(21)15(25)23-7-5-22(6-8-23)14(24)11-4-3-10(9-12(11)17)16(18,19)20/h3-4,9,13H,2,5-8,21H2,1H3/t13-/m0/s1. The second-order valence-corrected chi connectivity index (χ2v) is 5.82. The average Bonchev–Trinajstić information content (AvgIpc) is 2.59. The summed E-state index contributed by atoms with van der Waals surface area (Å²) in [4.78, 5) is 27.2. The molecule has 25 heavy (non-hydrogen) atoms. The fourth-order valence-corrected chi connectivity index (χ4v) is 2.57. The number of hydrogen-bond donors (Lipinski definition) is 1. The van der Waals surface area contributed by atoms with Crippen molar-refractivity contribution in [3.05, 3.63) is 35.1 Å². The second-order valence-electron chi connectivity index (χ2n) is 5.82. The Kier molecular flexibility index (Phi) is 5.66. The van der Waals surface area contributed by atoms with Gasteiger partial charge in [0.05, 0.1) is 17.2 Å². The van der Waals surface area contributed by atoms with E-state index in [-0.39, 0.29) is 32.1 Å². The first-order valence-corrected chi connectivity index (χ1v) is 7.85. The summed E-state index contributed by atoms with van der Waals surface area (Å²) < 4.78 is 51.6. The van der Waals surface area contributed by atoms with Crippen molar-refractivity contribution in [2.45, 2.75) is 25.6 Å². The van der Waals surface area contributed by atoms with Gasteiger partial charge in [0.15, 0.2) is 0 Å². The fraction of sp³-hybridized carbons (Fsp3) is 0.500. The van der Waals surface area contributed by atoms with Gasteiger partial charge in [0, 0.05) is 26.2 Å². The summed E-state index contributed by atoms with van der Waals surface area (Å²) in [6.07, 6.45) is -4.18. The van der Waals surface area contributed by atoms with E-state index in [1.165, 1.54) is 9.80 Å². The SMILES string of the molecule is CC[C@H](N)C(=O)N1CCN(C(=O)c2ccc(C(F)(F)F)cc2F)CC1. The van der Waals surface area contributed by atoms with Crippen molar-refractivity contribution >= 4 is 11.8 Å². The van der Waals surface area contributed by atoms with Gasteiger partial charge >= 0.3 is 6.18 Å². The molecule has 0 saturated carbocycles. The van der Waals surface area contributed by atoms with Crippen LogP contribution in [0.4, 0.5) is 17.6 Å². The van der Waals surface area contributed by atoms with E-state index >= 15 is 0 Å². The molecule has 1 aromatic rings. The van der Waals surface area contributed by atoms with Gasteiger partial charge in [0.25, 0.3) is 5.91 Å². The molecule has 0 spiro atoms. The van der Waals surface area contributed by atoms with Gasteiger partial charge < -0.3 is 15.5 Å². The van der Waals surface area contributed by atoms with E-state index in [0.29, 0.717) is 18.6 Å². The van der Waals surface area contributed by atoms with E-state index in [9.17, 15) is 27.2 Å². The van der Waals surface area contributed by atoms with Gasteiger partial charge in [-0.15, -0.1) is 0 Å². The Labute approximate surface area is 142 Å². The van der Waals surface area contributed by atoms with Crippen LogP contribution in [0.2, 0.25) is 0 Å². The quantitative estimate of drug-likeness (QED) is 0.836. The lowest BCUT2D eigenvalue weighted by Crippen LogP contribution is -2.54. The number of benzene rings is 1. The number of piperazine rings is 1. The molecular weight excluding hydrogens is 342 g/mol. The molecule has 0 radical (unpaired) electrons.